The Labute approximate surface area is 162 Å². The van der Waals surface area contributed by atoms with Crippen LogP contribution < -0.4 is 5.32 Å². The Hall–Kier alpha value is -0.370. The first-order valence-electron chi connectivity index (χ1n) is 8.31. The number of aryl methyl sites for hydroxylation is 1. The van der Waals surface area contributed by atoms with Gasteiger partial charge in [-0.25, -0.2) is 4.98 Å². The van der Waals surface area contributed by atoms with Crippen molar-refractivity contribution in [2.24, 2.45) is 10.4 Å². The van der Waals surface area contributed by atoms with Crippen molar-refractivity contribution in [2.75, 3.05) is 19.6 Å². The summed E-state index contributed by atoms with van der Waals surface area (Å²) in [7, 11) is 0. The van der Waals surface area contributed by atoms with Gasteiger partial charge in [0.15, 0.2) is 5.96 Å². The van der Waals surface area contributed by atoms with Gasteiger partial charge in [0, 0.05) is 48.1 Å². The minimum atomic E-state index is 0. The summed E-state index contributed by atoms with van der Waals surface area (Å²) >= 11 is 1.81. The molecule has 1 fully saturated rings. The summed E-state index contributed by atoms with van der Waals surface area (Å²) in [6.07, 6.45) is 3.99. The molecule has 2 heterocycles. The highest BCUT2D eigenvalue weighted by Crippen LogP contribution is 2.46. The number of thiazole rings is 1. The Morgan fingerprint density at radius 2 is 2.04 bits per heavy atom. The van der Waals surface area contributed by atoms with Crippen molar-refractivity contribution in [3.05, 3.63) is 16.1 Å². The van der Waals surface area contributed by atoms with Crippen molar-refractivity contribution < 1.29 is 0 Å². The molecule has 0 spiro atoms. The third-order valence-corrected chi connectivity index (χ3v) is 6.21. The predicted molar refractivity (Wildman–Crippen MR) is 111 cm³/mol. The van der Waals surface area contributed by atoms with Crippen LogP contribution in [0.25, 0.3) is 0 Å². The largest absolute Gasteiger partial charge is 0.356 e. The maximum atomic E-state index is 4.83. The van der Waals surface area contributed by atoms with Gasteiger partial charge in [0.05, 0.1) is 5.01 Å². The number of nitrogens with zero attached hydrogens (tertiary/aromatic N) is 3. The van der Waals surface area contributed by atoms with Crippen molar-refractivity contribution >= 4 is 41.3 Å². The molecule has 6 heteroatoms. The summed E-state index contributed by atoms with van der Waals surface area (Å²) in [4.78, 5) is 13.1. The van der Waals surface area contributed by atoms with E-state index in [-0.39, 0.29) is 29.5 Å². The smallest absolute Gasteiger partial charge is 0.194 e. The number of guanidine groups is 1. The van der Waals surface area contributed by atoms with Crippen LogP contribution in [0.1, 0.15) is 51.4 Å². The Morgan fingerprint density at radius 1 is 1.35 bits per heavy atom. The molecule has 0 unspecified atom stereocenters. The van der Waals surface area contributed by atoms with Gasteiger partial charge in [-0.3, -0.25) is 4.99 Å². The number of likely N-dealkylation sites (tertiary alicyclic amines) is 1. The molecule has 1 N–H and O–H groups in total. The fourth-order valence-corrected chi connectivity index (χ4v) is 3.53. The summed E-state index contributed by atoms with van der Waals surface area (Å²) in [5.74, 6) is 1.04. The van der Waals surface area contributed by atoms with E-state index in [9.17, 15) is 0 Å². The molecule has 1 aromatic heterocycles. The molecule has 0 bridgehead atoms. The third-order valence-electron chi connectivity index (χ3n) is 5.01. The lowest BCUT2D eigenvalue weighted by atomic mass is 9.65. The lowest BCUT2D eigenvalue weighted by Crippen LogP contribution is -2.72. The lowest BCUT2D eigenvalue weighted by Gasteiger charge is -2.62. The van der Waals surface area contributed by atoms with Crippen LogP contribution in [0.15, 0.2) is 11.2 Å². The van der Waals surface area contributed by atoms with Crippen LogP contribution in [0.2, 0.25) is 0 Å². The lowest BCUT2D eigenvalue weighted by molar-refractivity contribution is -0.0667. The van der Waals surface area contributed by atoms with Crippen LogP contribution >= 0.6 is 35.3 Å². The van der Waals surface area contributed by atoms with Crippen molar-refractivity contribution in [2.45, 2.75) is 59.9 Å². The Morgan fingerprint density at radius 3 is 2.52 bits per heavy atom. The second-order valence-corrected chi connectivity index (χ2v) is 8.29. The molecule has 0 aromatic carbocycles. The van der Waals surface area contributed by atoms with Crippen LogP contribution in [-0.2, 0) is 12.8 Å². The van der Waals surface area contributed by atoms with E-state index in [4.69, 9.17) is 4.99 Å². The standard InChI is InChI=1S/C17H30N4S.HI/c1-7-13-11-20-14(22-13)9-10-19-15(18-8-2)21-12-16(3,4)17(21,5)6;/h11H,7-10,12H2,1-6H3,(H,18,19);1H. The summed E-state index contributed by atoms with van der Waals surface area (Å²) in [5, 5.41) is 4.63. The molecular formula is C17H31IN4S. The first-order chi connectivity index (χ1) is 10.3. The fraction of sp³-hybridized carbons (Fsp3) is 0.765. The maximum Gasteiger partial charge on any atom is 0.194 e. The van der Waals surface area contributed by atoms with E-state index in [0.29, 0.717) is 5.41 Å². The zero-order valence-electron chi connectivity index (χ0n) is 15.3. The minimum Gasteiger partial charge on any atom is -0.356 e. The van der Waals surface area contributed by atoms with Crippen LogP contribution in [-0.4, -0.2) is 41.0 Å². The summed E-state index contributed by atoms with van der Waals surface area (Å²) in [5.41, 5.74) is 0.471. The van der Waals surface area contributed by atoms with Gasteiger partial charge in [-0.1, -0.05) is 20.8 Å². The van der Waals surface area contributed by atoms with E-state index < -0.39 is 0 Å². The quantitative estimate of drug-likeness (QED) is 0.420. The van der Waals surface area contributed by atoms with E-state index in [0.717, 1.165) is 38.4 Å². The van der Waals surface area contributed by atoms with Crippen molar-refractivity contribution in [3.63, 3.8) is 0 Å². The van der Waals surface area contributed by atoms with Crippen molar-refractivity contribution in [1.82, 2.24) is 15.2 Å². The van der Waals surface area contributed by atoms with E-state index in [2.05, 4.69) is 56.7 Å². The monoisotopic (exact) mass is 450 g/mol. The third kappa shape index (κ3) is 4.38. The molecule has 1 aliphatic rings. The van der Waals surface area contributed by atoms with Gasteiger partial charge in [0.2, 0.25) is 0 Å². The molecule has 0 amide bonds. The summed E-state index contributed by atoms with van der Waals surface area (Å²) in [6.45, 7) is 16.3. The summed E-state index contributed by atoms with van der Waals surface area (Å²) < 4.78 is 0. The first-order valence-corrected chi connectivity index (χ1v) is 9.13. The molecule has 2 rings (SSSR count). The van der Waals surface area contributed by atoms with Crippen LogP contribution in [0.5, 0.6) is 0 Å². The summed E-state index contributed by atoms with van der Waals surface area (Å²) in [6, 6.07) is 0. The van der Waals surface area contributed by atoms with Crippen molar-refractivity contribution in [3.8, 4) is 0 Å². The zero-order valence-corrected chi connectivity index (χ0v) is 18.4. The molecule has 23 heavy (non-hydrogen) atoms. The molecule has 0 radical (unpaired) electrons. The number of hydrogen-bond acceptors (Lipinski definition) is 3. The predicted octanol–water partition coefficient (Wildman–Crippen LogP) is 3.95. The number of halogens is 1. The Bertz CT molecular complexity index is 536. The average molecular weight is 450 g/mol. The molecule has 0 aliphatic carbocycles. The van der Waals surface area contributed by atoms with Gasteiger partial charge < -0.3 is 10.2 Å². The normalized spacial score (nSPS) is 19.0. The van der Waals surface area contributed by atoms with E-state index in [1.54, 1.807) is 0 Å². The number of hydrogen-bond donors (Lipinski definition) is 1. The number of nitrogens with one attached hydrogen (secondary N) is 1. The van der Waals surface area contributed by atoms with Gasteiger partial charge in [-0.05, 0) is 27.2 Å². The highest BCUT2D eigenvalue weighted by Gasteiger charge is 2.53. The minimum absolute atomic E-state index is 0. The van der Waals surface area contributed by atoms with Gasteiger partial charge in [0.1, 0.15) is 0 Å². The fourth-order valence-electron chi connectivity index (χ4n) is 2.68. The topological polar surface area (TPSA) is 40.5 Å². The van der Waals surface area contributed by atoms with Gasteiger partial charge >= 0.3 is 0 Å². The van der Waals surface area contributed by atoms with Crippen LogP contribution in [0.4, 0.5) is 0 Å². The van der Waals surface area contributed by atoms with Gasteiger partial charge in [0.25, 0.3) is 0 Å². The highest BCUT2D eigenvalue weighted by atomic mass is 127. The molecule has 0 saturated carbocycles. The molecule has 1 aromatic rings. The Kier molecular flexibility index (Phi) is 7.32. The number of rotatable bonds is 5. The van der Waals surface area contributed by atoms with Crippen molar-refractivity contribution in [1.29, 1.82) is 0 Å². The van der Waals surface area contributed by atoms with E-state index in [1.807, 2.05) is 17.5 Å². The number of aromatic nitrogens is 1. The molecule has 1 saturated heterocycles. The second kappa shape index (κ2) is 8.14. The van der Waals surface area contributed by atoms with Crippen LogP contribution in [0, 0.1) is 5.41 Å². The maximum absolute atomic E-state index is 4.83. The molecule has 132 valence electrons. The molecular weight excluding hydrogens is 419 g/mol. The highest BCUT2D eigenvalue weighted by molar-refractivity contribution is 14.0. The molecule has 0 atom stereocenters. The average Bonchev–Trinajstić information content (AvgIpc) is 2.92. The molecule has 1 aliphatic heterocycles. The van der Waals surface area contributed by atoms with Gasteiger partial charge in [-0.15, -0.1) is 35.3 Å². The molecule has 4 nitrogen and oxygen atoms in total. The van der Waals surface area contributed by atoms with Crippen LogP contribution in [0.3, 0.4) is 0 Å². The van der Waals surface area contributed by atoms with E-state index in [1.165, 1.54) is 9.88 Å². The number of aliphatic imine (C=N–C) groups is 1. The SMILES string of the molecule is CCNC(=NCCc1ncc(CC)s1)N1CC(C)(C)C1(C)C.I. The Balaban J connectivity index is 0.00000264. The van der Waals surface area contributed by atoms with E-state index >= 15 is 0 Å². The first kappa shape index (κ1) is 20.7. The second-order valence-electron chi connectivity index (χ2n) is 7.09. The zero-order chi connectivity index (χ0) is 16.4. The van der Waals surface area contributed by atoms with Gasteiger partial charge in [-0.2, -0.15) is 0 Å².